The molecule has 0 saturated heterocycles. The van der Waals surface area contributed by atoms with Gasteiger partial charge in [-0.3, -0.25) is 9.78 Å². The predicted octanol–water partition coefficient (Wildman–Crippen LogP) is 1.84. The topological polar surface area (TPSA) is 88.2 Å². The third-order valence-electron chi connectivity index (χ3n) is 3.54. The van der Waals surface area contributed by atoms with Crippen molar-refractivity contribution >= 4 is 15.9 Å². The van der Waals surface area contributed by atoms with Gasteiger partial charge >= 0.3 is 0 Å². The molecular weight excluding hydrogens is 345 g/mol. The molecule has 0 bridgehead atoms. The minimum Gasteiger partial charge on any atom is -0.351 e. The third kappa shape index (κ3) is 5.33. The van der Waals surface area contributed by atoms with Crippen LogP contribution in [0.3, 0.4) is 0 Å². The molecule has 2 rings (SSSR count). The Morgan fingerprint density at radius 3 is 2.44 bits per heavy atom. The van der Waals surface area contributed by atoms with E-state index in [9.17, 15) is 17.6 Å². The lowest BCUT2D eigenvalue weighted by Gasteiger charge is -2.21. The summed E-state index contributed by atoms with van der Waals surface area (Å²) in [6, 6.07) is 7.03. The summed E-state index contributed by atoms with van der Waals surface area (Å²) in [6.07, 6.45) is 3.24. The van der Waals surface area contributed by atoms with Gasteiger partial charge in [0.15, 0.2) is 0 Å². The molecule has 6 nitrogen and oxygen atoms in total. The average molecular weight is 365 g/mol. The van der Waals surface area contributed by atoms with E-state index in [1.54, 1.807) is 38.4 Å². The molecule has 1 aromatic carbocycles. The van der Waals surface area contributed by atoms with Gasteiger partial charge < -0.3 is 5.32 Å². The lowest BCUT2D eigenvalue weighted by molar-refractivity contribution is -0.123. The van der Waals surface area contributed by atoms with Gasteiger partial charge in [-0.25, -0.2) is 12.8 Å². The first kappa shape index (κ1) is 19.0. The van der Waals surface area contributed by atoms with E-state index >= 15 is 0 Å². The summed E-state index contributed by atoms with van der Waals surface area (Å²) in [5.41, 5.74) is 0.805. The van der Waals surface area contributed by atoms with Gasteiger partial charge in [0, 0.05) is 18.9 Å². The highest BCUT2D eigenvalue weighted by Gasteiger charge is 2.28. The number of amides is 1. The van der Waals surface area contributed by atoms with E-state index in [1.807, 2.05) is 0 Å². The van der Waals surface area contributed by atoms with Crippen LogP contribution in [0.1, 0.15) is 19.4 Å². The first-order valence-corrected chi connectivity index (χ1v) is 9.22. The summed E-state index contributed by atoms with van der Waals surface area (Å²) in [5.74, 6) is -1.25. The van der Waals surface area contributed by atoms with Crippen LogP contribution in [0, 0.1) is 11.7 Å². The number of rotatable bonds is 7. The lowest BCUT2D eigenvalue weighted by atomic mass is 10.0. The molecule has 0 radical (unpaired) electrons. The number of nitrogens with one attached hydrogen (secondary N) is 2. The van der Waals surface area contributed by atoms with Gasteiger partial charge in [-0.05, 0) is 41.8 Å². The summed E-state index contributed by atoms with van der Waals surface area (Å²) in [7, 11) is -3.94. The standard InChI is InChI=1S/C17H20FN3O3S/c1-12(2)16(17(22)20-11-13-4-3-9-19-10-13)21-25(23,24)15-7-5-14(18)6-8-15/h3-10,12,16,21H,11H2,1-2H3,(H,20,22)/t16-/m0/s1. The van der Waals surface area contributed by atoms with Gasteiger partial charge in [-0.1, -0.05) is 19.9 Å². The Kier molecular flexibility index (Phi) is 6.22. The first-order chi connectivity index (χ1) is 11.8. The SMILES string of the molecule is CC(C)[C@H](NS(=O)(=O)c1ccc(F)cc1)C(=O)NCc1cccnc1. The number of halogens is 1. The zero-order valence-corrected chi connectivity index (χ0v) is 14.8. The van der Waals surface area contributed by atoms with E-state index in [0.717, 1.165) is 29.8 Å². The van der Waals surface area contributed by atoms with Crippen LogP contribution in [-0.4, -0.2) is 25.4 Å². The molecule has 0 spiro atoms. The van der Waals surface area contributed by atoms with E-state index in [-0.39, 0.29) is 17.4 Å². The molecule has 8 heteroatoms. The molecular formula is C17H20FN3O3S. The Morgan fingerprint density at radius 2 is 1.88 bits per heavy atom. The molecule has 0 aliphatic heterocycles. The van der Waals surface area contributed by atoms with Gasteiger partial charge in [0.25, 0.3) is 0 Å². The maximum absolute atomic E-state index is 13.0. The highest BCUT2D eigenvalue weighted by atomic mass is 32.2. The maximum atomic E-state index is 13.0. The Balaban J connectivity index is 2.09. The largest absolute Gasteiger partial charge is 0.351 e. The number of pyridine rings is 1. The van der Waals surface area contributed by atoms with Gasteiger partial charge in [0.05, 0.1) is 4.90 Å². The van der Waals surface area contributed by atoms with Crippen molar-refractivity contribution in [3.8, 4) is 0 Å². The number of nitrogens with zero attached hydrogens (tertiary/aromatic N) is 1. The van der Waals surface area contributed by atoms with Crippen LogP contribution in [0.25, 0.3) is 0 Å². The number of benzene rings is 1. The number of hydrogen-bond donors (Lipinski definition) is 2. The Bertz CT molecular complexity index is 809. The predicted molar refractivity (Wildman–Crippen MR) is 91.4 cm³/mol. The van der Waals surface area contributed by atoms with Crippen molar-refractivity contribution < 1.29 is 17.6 Å². The molecule has 0 aliphatic carbocycles. The Labute approximate surface area is 146 Å². The van der Waals surface area contributed by atoms with Crippen LogP contribution in [0.5, 0.6) is 0 Å². The Morgan fingerprint density at radius 1 is 1.20 bits per heavy atom. The van der Waals surface area contributed by atoms with Gasteiger partial charge in [-0.2, -0.15) is 4.72 Å². The zero-order valence-electron chi connectivity index (χ0n) is 13.9. The Hall–Kier alpha value is -2.32. The van der Waals surface area contributed by atoms with E-state index in [1.165, 1.54) is 0 Å². The molecule has 25 heavy (non-hydrogen) atoms. The highest BCUT2D eigenvalue weighted by molar-refractivity contribution is 7.89. The summed E-state index contributed by atoms with van der Waals surface area (Å²) < 4.78 is 40.2. The molecule has 0 unspecified atom stereocenters. The fourth-order valence-electron chi connectivity index (χ4n) is 2.14. The summed E-state index contributed by atoms with van der Waals surface area (Å²) >= 11 is 0. The quantitative estimate of drug-likeness (QED) is 0.784. The third-order valence-corrected chi connectivity index (χ3v) is 5.00. The fourth-order valence-corrected chi connectivity index (χ4v) is 3.49. The molecule has 0 saturated carbocycles. The van der Waals surface area contributed by atoms with Crippen molar-refractivity contribution in [3.63, 3.8) is 0 Å². The fraction of sp³-hybridized carbons (Fsp3) is 0.294. The molecule has 134 valence electrons. The molecule has 0 fully saturated rings. The normalized spacial score (nSPS) is 12.8. The van der Waals surface area contributed by atoms with E-state index in [2.05, 4.69) is 15.0 Å². The molecule has 1 aromatic heterocycles. The zero-order chi connectivity index (χ0) is 18.4. The van der Waals surface area contributed by atoms with Gasteiger partial charge in [-0.15, -0.1) is 0 Å². The summed E-state index contributed by atoms with van der Waals surface area (Å²) in [6.45, 7) is 3.72. The average Bonchev–Trinajstić information content (AvgIpc) is 2.58. The van der Waals surface area contributed by atoms with Crippen molar-refractivity contribution in [2.24, 2.45) is 5.92 Å². The lowest BCUT2D eigenvalue weighted by Crippen LogP contribution is -2.49. The molecule has 1 heterocycles. The monoisotopic (exact) mass is 365 g/mol. The van der Waals surface area contributed by atoms with Crippen LogP contribution in [-0.2, 0) is 21.4 Å². The van der Waals surface area contributed by atoms with Crippen LogP contribution in [0.4, 0.5) is 4.39 Å². The number of carbonyl (C=O) groups excluding carboxylic acids is 1. The summed E-state index contributed by atoms with van der Waals surface area (Å²) in [4.78, 5) is 16.3. The van der Waals surface area contributed by atoms with Crippen LogP contribution < -0.4 is 10.0 Å². The maximum Gasteiger partial charge on any atom is 0.241 e. The summed E-state index contributed by atoms with van der Waals surface area (Å²) in [5, 5.41) is 2.70. The molecule has 0 aliphatic rings. The number of sulfonamides is 1. The van der Waals surface area contributed by atoms with Crippen molar-refractivity contribution in [2.45, 2.75) is 31.3 Å². The number of aromatic nitrogens is 1. The smallest absolute Gasteiger partial charge is 0.241 e. The minimum absolute atomic E-state index is 0.0976. The highest BCUT2D eigenvalue weighted by Crippen LogP contribution is 2.13. The molecule has 1 atom stereocenters. The van der Waals surface area contributed by atoms with E-state index < -0.39 is 27.8 Å². The van der Waals surface area contributed by atoms with E-state index in [4.69, 9.17) is 0 Å². The number of carbonyl (C=O) groups is 1. The van der Waals surface area contributed by atoms with Crippen molar-refractivity contribution in [3.05, 3.63) is 60.2 Å². The molecule has 1 amide bonds. The second-order valence-corrected chi connectivity index (χ2v) is 7.59. The first-order valence-electron chi connectivity index (χ1n) is 7.74. The van der Waals surface area contributed by atoms with Gasteiger partial charge in [0.1, 0.15) is 11.9 Å². The van der Waals surface area contributed by atoms with Crippen molar-refractivity contribution in [1.29, 1.82) is 0 Å². The minimum atomic E-state index is -3.94. The molecule has 2 aromatic rings. The van der Waals surface area contributed by atoms with Crippen LogP contribution in [0.15, 0.2) is 53.7 Å². The van der Waals surface area contributed by atoms with E-state index in [0.29, 0.717) is 0 Å². The second kappa shape index (κ2) is 8.17. The van der Waals surface area contributed by atoms with Crippen molar-refractivity contribution in [2.75, 3.05) is 0 Å². The van der Waals surface area contributed by atoms with Crippen LogP contribution in [0.2, 0.25) is 0 Å². The van der Waals surface area contributed by atoms with Gasteiger partial charge in [0.2, 0.25) is 15.9 Å². The van der Waals surface area contributed by atoms with Crippen LogP contribution >= 0.6 is 0 Å². The molecule has 2 N–H and O–H groups in total. The second-order valence-electron chi connectivity index (χ2n) is 5.88. The number of hydrogen-bond acceptors (Lipinski definition) is 4. The van der Waals surface area contributed by atoms with Crippen molar-refractivity contribution in [1.82, 2.24) is 15.0 Å².